The maximum Gasteiger partial charge on any atom is 0.0834 e. The first kappa shape index (κ1) is 12.5. The smallest absolute Gasteiger partial charge is 0.0834 e. The highest BCUT2D eigenvalue weighted by molar-refractivity contribution is 6.31. The molecule has 0 saturated heterocycles. The van der Waals surface area contributed by atoms with E-state index in [4.69, 9.17) is 17.3 Å². The molecule has 0 fully saturated rings. The maximum atomic E-state index is 6.13. The molecular formula is C11H20ClN3. The molecule has 0 aliphatic heterocycles. The minimum absolute atomic E-state index is 0.00782. The normalized spacial score (nSPS) is 13.5. The molecule has 2 N–H and O–H groups in total. The molecule has 1 unspecified atom stereocenters. The van der Waals surface area contributed by atoms with Gasteiger partial charge in [-0.05, 0) is 18.8 Å². The molecule has 0 amide bonds. The fourth-order valence-electron chi connectivity index (χ4n) is 1.75. The zero-order valence-corrected chi connectivity index (χ0v) is 10.5. The molecule has 1 atom stereocenters. The van der Waals surface area contributed by atoms with E-state index in [-0.39, 0.29) is 6.04 Å². The van der Waals surface area contributed by atoms with Gasteiger partial charge in [0, 0.05) is 12.6 Å². The molecular weight excluding hydrogens is 210 g/mol. The summed E-state index contributed by atoms with van der Waals surface area (Å²) in [5, 5.41) is 4.93. The van der Waals surface area contributed by atoms with Crippen molar-refractivity contribution >= 4 is 11.6 Å². The van der Waals surface area contributed by atoms with Crippen LogP contribution in [0, 0.1) is 5.92 Å². The summed E-state index contributed by atoms with van der Waals surface area (Å²) >= 11 is 6.10. The molecule has 0 radical (unpaired) electrons. The average molecular weight is 230 g/mol. The van der Waals surface area contributed by atoms with E-state index in [2.05, 4.69) is 25.9 Å². The number of nitrogens with two attached hydrogens (primary N) is 1. The van der Waals surface area contributed by atoms with E-state index in [1.807, 2.05) is 4.68 Å². The molecule has 0 spiro atoms. The highest BCUT2D eigenvalue weighted by Crippen LogP contribution is 2.25. The Kier molecular flexibility index (Phi) is 4.61. The zero-order chi connectivity index (χ0) is 11.4. The number of rotatable bonds is 5. The third-order valence-corrected chi connectivity index (χ3v) is 2.64. The Morgan fingerprint density at radius 3 is 2.73 bits per heavy atom. The number of nitrogens with zero attached hydrogens (tertiary/aromatic N) is 2. The van der Waals surface area contributed by atoms with Gasteiger partial charge in [-0.25, -0.2) is 0 Å². The van der Waals surface area contributed by atoms with Gasteiger partial charge in [-0.2, -0.15) is 5.10 Å². The first-order valence-electron chi connectivity index (χ1n) is 5.53. The van der Waals surface area contributed by atoms with E-state index in [9.17, 15) is 0 Å². The van der Waals surface area contributed by atoms with Gasteiger partial charge in [0.25, 0.3) is 0 Å². The lowest BCUT2D eigenvalue weighted by atomic mass is 10.0. The SMILES string of the molecule is CCCn1ncc(Cl)c1C(N)CC(C)C. The van der Waals surface area contributed by atoms with Crippen LogP contribution in [0.1, 0.15) is 45.3 Å². The molecule has 0 bridgehead atoms. The van der Waals surface area contributed by atoms with Crippen LogP contribution in [0.15, 0.2) is 6.20 Å². The van der Waals surface area contributed by atoms with Crippen LogP contribution >= 0.6 is 11.6 Å². The Hall–Kier alpha value is -0.540. The maximum absolute atomic E-state index is 6.13. The lowest BCUT2D eigenvalue weighted by Gasteiger charge is -2.16. The van der Waals surface area contributed by atoms with Crippen molar-refractivity contribution < 1.29 is 0 Å². The molecule has 3 nitrogen and oxygen atoms in total. The van der Waals surface area contributed by atoms with E-state index in [0.717, 1.165) is 25.1 Å². The van der Waals surface area contributed by atoms with E-state index >= 15 is 0 Å². The third kappa shape index (κ3) is 3.21. The summed E-state index contributed by atoms with van der Waals surface area (Å²) in [4.78, 5) is 0. The molecule has 0 aromatic carbocycles. The minimum Gasteiger partial charge on any atom is -0.323 e. The number of aryl methyl sites for hydroxylation is 1. The summed E-state index contributed by atoms with van der Waals surface area (Å²) in [6.07, 6.45) is 3.67. The van der Waals surface area contributed by atoms with Crippen LogP contribution in [0.4, 0.5) is 0 Å². The average Bonchev–Trinajstić information content (AvgIpc) is 2.46. The van der Waals surface area contributed by atoms with Crippen molar-refractivity contribution in [1.82, 2.24) is 9.78 Å². The summed E-state index contributed by atoms with van der Waals surface area (Å²) < 4.78 is 1.93. The summed E-state index contributed by atoms with van der Waals surface area (Å²) in [6.45, 7) is 7.32. The second kappa shape index (κ2) is 5.52. The fourth-order valence-corrected chi connectivity index (χ4v) is 2.03. The molecule has 0 aliphatic carbocycles. The van der Waals surface area contributed by atoms with Crippen LogP contribution in [0.3, 0.4) is 0 Å². The molecule has 0 aliphatic rings. The number of aromatic nitrogens is 2. The Labute approximate surface area is 96.6 Å². The Morgan fingerprint density at radius 2 is 2.20 bits per heavy atom. The predicted octanol–water partition coefficient (Wildman–Crippen LogP) is 2.99. The van der Waals surface area contributed by atoms with Crippen molar-refractivity contribution in [1.29, 1.82) is 0 Å². The van der Waals surface area contributed by atoms with E-state index in [1.165, 1.54) is 0 Å². The fraction of sp³-hybridized carbons (Fsp3) is 0.727. The zero-order valence-electron chi connectivity index (χ0n) is 9.70. The monoisotopic (exact) mass is 229 g/mol. The number of halogens is 1. The van der Waals surface area contributed by atoms with E-state index in [1.54, 1.807) is 6.20 Å². The lowest BCUT2D eigenvalue weighted by molar-refractivity contribution is 0.467. The van der Waals surface area contributed by atoms with Crippen LogP contribution in [-0.2, 0) is 6.54 Å². The van der Waals surface area contributed by atoms with Gasteiger partial charge in [0.15, 0.2) is 0 Å². The quantitative estimate of drug-likeness (QED) is 0.844. The van der Waals surface area contributed by atoms with E-state index < -0.39 is 0 Å². The van der Waals surface area contributed by atoms with E-state index in [0.29, 0.717) is 10.9 Å². The molecule has 15 heavy (non-hydrogen) atoms. The Bertz CT molecular complexity index is 307. The van der Waals surface area contributed by atoms with Crippen LogP contribution in [0.5, 0.6) is 0 Å². The second-order valence-corrected chi connectivity index (χ2v) is 4.74. The lowest BCUT2D eigenvalue weighted by Crippen LogP contribution is -2.18. The molecule has 1 heterocycles. The molecule has 0 saturated carbocycles. The van der Waals surface area contributed by atoms with Crippen molar-refractivity contribution in [2.75, 3.05) is 0 Å². The van der Waals surface area contributed by atoms with Crippen molar-refractivity contribution in [2.24, 2.45) is 11.7 Å². The summed E-state index contributed by atoms with van der Waals surface area (Å²) in [5.41, 5.74) is 7.11. The van der Waals surface area contributed by atoms with Crippen molar-refractivity contribution in [2.45, 2.75) is 46.2 Å². The first-order valence-corrected chi connectivity index (χ1v) is 5.90. The molecule has 1 rings (SSSR count). The van der Waals surface area contributed by atoms with Gasteiger partial charge in [0.1, 0.15) is 0 Å². The van der Waals surface area contributed by atoms with Crippen molar-refractivity contribution in [3.8, 4) is 0 Å². The van der Waals surface area contributed by atoms with Gasteiger partial charge in [0.2, 0.25) is 0 Å². The van der Waals surface area contributed by atoms with Crippen molar-refractivity contribution in [3.05, 3.63) is 16.9 Å². The van der Waals surface area contributed by atoms with Crippen LogP contribution < -0.4 is 5.73 Å². The van der Waals surface area contributed by atoms with Gasteiger partial charge in [-0.15, -0.1) is 0 Å². The highest BCUT2D eigenvalue weighted by atomic mass is 35.5. The second-order valence-electron chi connectivity index (χ2n) is 4.34. The third-order valence-electron chi connectivity index (χ3n) is 2.35. The highest BCUT2D eigenvalue weighted by Gasteiger charge is 2.17. The molecule has 86 valence electrons. The number of hydrogen-bond donors (Lipinski definition) is 1. The van der Waals surface area contributed by atoms with Crippen molar-refractivity contribution in [3.63, 3.8) is 0 Å². The topological polar surface area (TPSA) is 43.8 Å². The predicted molar refractivity (Wildman–Crippen MR) is 63.9 cm³/mol. The van der Waals surface area contributed by atoms with Crippen LogP contribution in [0.25, 0.3) is 0 Å². The molecule has 1 aromatic rings. The minimum atomic E-state index is -0.00782. The summed E-state index contributed by atoms with van der Waals surface area (Å²) in [5.74, 6) is 0.570. The van der Waals surface area contributed by atoms with Crippen LogP contribution in [-0.4, -0.2) is 9.78 Å². The largest absolute Gasteiger partial charge is 0.323 e. The van der Waals surface area contributed by atoms with Gasteiger partial charge >= 0.3 is 0 Å². The van der Waals surface area contributed by atoms with Gasteiger partial charge in [-0.1, -0.05) is 32.4 Å². The number of hydrogen-bond acceptors (Lipinski definition) is 2. The standard InChI is InChI=1S/C11H20ClN3/c1-4-5-15-11(9(12)7-14-15)10(13)6-8(2)3/h7-8,10H,4-6,13H2,1-3H3. The first-order chi connectivity index (χ1) is 7.06. The van der Waals surface area contributed by atoms with Gasteiger partial charge in [0.05, 0.1) is 16.9 Å². The summed E-state index contributed by atoms with van der Waals surface area (Å²) in [6, 6.07) is -0.00782. The molecule has 4 heteroatoms. The van der Waals surface area contributed by atoms with Gasteiger partial charge in [-0.3, -0.25) is 4.68 Å². The van der Waals surface area contributed by atoms with Crippen LogP contribution in [0.2, 0.25) is 5.02 Å². The Morgan fingerprint density at radius 1 is 1.53 bits per heavy atom. The van der Waals surface area contributed by atoms with Gasteiger partial charge < -0.3 is 5.73 Å². The summed E-state index contributed by atoms with van der Waals surface area (Å²) in [7, 11) is 0. The molecule has 1 aromatic heterocycles. The Balaban J connectivity index is 2.85.